The standard InChI is InChI=1S/C13H18N6/c1-3-9-5-4-6-16-10(9)8-17-12-7-11(15-2)18-13(14)19-12/h4-7H,3,8H2,1-2H3,(H4,14,15,17,18,19). The highest BCUT2D eigenvalue weighted by Gasteiger charge is 2.04. The Morgan fingerprint density at radius 1 is 1.26 bits per heavy atom. The molecule has 0 unspecified atom stereocenters. The van der Waals surface area contributed by atoms with Crippen LogP contribution in [-0.2, 0) is 13.0 Å². The van der Waals surface area contributed by atoms with E-state index in [0.717, 1.165) is 12.1 Å². The van der Waals surface area contributed by atoms with Gasteiger partial charge in [-0.25, -0.2) is 0 Å². The molecule has 0 aliphatic carbocycles. The van der Waals surface area contributed by atoms with Crippen molar-refractivity contribution in [3.63, 3.8) is 0 Å². The smallest absolute Gasteiger partial charge is 0.223 e. The Morgan fingerprint density at radius 3 is 2.79 bits per heavy atom. The Bertz CT molecular complexity index is 555. The first-order chi connectivity index (χ1) is 9.22. The van der Waals surface area contributed by atoms with Crippen molar-refractivity contribution in [2.24, 2.45) is 0 Å². The molecule has 0 radical (unpaired) electrons. The van der Waals surface area contributed by atoms with E-state index in [4.69, 9.17) is 5.73 Å². The number of aryl methyl sites for hydroxylation is 1. The number of nitrogen functional groups attached to an aromatic ring is 1. The highest BCUT2D eigenvalue weighted by atomic mass is 15.1. The summed E-state index contributed by atoms with van der Waals surface area (Å²) in [6.07, 6.45) is 2.75. The van der Waals surface area contributed by atoms with Crippen molar-refractivity contribution in [3.05, 3.63) is 35.7 Å². The van der Waals surface area contributed by atoms with E-state index in [-0.39, 0.29) is 5.95 Å². The molecule has 19 heavy (non-hydrogen) atoms. The van der Waals surface area contributed by atoms with Crippen LogP contribution in [0.3, 0.4) is 0 Å². The largest absolute Gasteiger partial charge is 0.373 e. The average Bonchev–Trinajstić information content (AvgIpc) is 2.44. The molecule has 100 valence electrons. The molecule has 0 saturated heterocycles. The Morgan fingerprint density at radius 2 is 2.05 bits per heavy atom. The molecule has 0 atom stereocenters. The van der Waals surface area contributed by atoms with Gasteiger partial charge in [-0.1, -0.05) is 13.0 Å². The van der Waals surface area contributed by atoms with Crippen molar-refractivity contribution in [2.45, 2.75) is 19.9 Å². The minimum atomic E-state index is 0.242. The predicted molar refractivity (Wildman–Crippen MR) is 76.9 cm³/mol. The summed E-state index contributed by atoms with van der Waals surface area (Å²) in [6, 6.07) is 5.84. The fourth-order valence-electron chi connectivity index (χ4n) is 1.81. The molecule has 0 bridgehead atoms. The molecule has 2 aromatic heterocycles. The molecule has 2 heterocycles. The molecule has 4 N–H and O–H groups in total. The van der Waals surface area contributed by atoms with Gasteiger partial charge in [-0.05, 0) is 18.1 Å². The molecule has 2 rings (SSSR count). The second kappa shape index (κ2) is 5.99. The van der Waals surface area contributed by atoms with Crippen LogP contribution in [0.1, 0.15) is 18.2 Å². The summed E-state index contributed by atoms with van der Waals surface area (Å²) >= 11 is 0. The Labute approximate surface area is 112 Å². The van der Waals surface area contributed by atoms with Crippen molar-refractivity contribution < 1.29 is 0 Å². The van der Waals surface area contributed by atoms with Crippen LogP contribution in [0.25, 0.3) is 0 Å². The number of hydrogen-bond acceptors (Lipinski definition) is 6. The first kappa shape index (κ1) is 13.1. The minimum absolute atomic E-state index is 0.242. The molecular formula is C13H18N6. The number of anilines is 3. The first-order valence-corrected chi connectivity index (χ1v) is 6.22. The van der Waals surface area contributed by atoms with E-state index in [0.29, 0.717) is 18.2 Å². The Balaban J connectivity index is 2.12. The van der Waals surface area contributed by atoms with E-state index in [9.17, 15) is 0 Å². The number of aromatic nitrogens is 3. The lowest BCUT2D eigenvalue weighted by molar-refractivity contribution is 0.962. The highest BCUT2D eigenvalue weighted by molar-refractivity contribution is 5.50. The van der Waals surface area contributed by atoms with Gasteiger partial charge >= 0.3 is 0 Å². The van der Waals surface area contributed by atoms with Crippen molar-refractivity contribution in [3.8, 4) is 0 Å². The molecule has 0 spiro atoms. The Kier molecular flexibility index (Phi) is 4.12. The van der Waals surface area contributed by atoms with Gasteiger partial charge in [0.2, 0.25) is 5.95 Å². The number of nitrogens with one attached hydrogen (secondary N) is 2. The van der Waals surface area contributed by atoms with Gasteiger partial charge in [0.05, 0.1) is 12.2 Å². The lowest BCUT2D eigenvalue weighted by atomic mass is 10.1. The molecule has 0 aliphatic rings. The van der Waals surface area contributed by atoms with E-state index in [1.807, 2.05) is 12.1 Å². The van der Waals surface area contributed by atoms with Crippen LogP contribution in [-0.4, -0.2) is 22.0 Å². The van der Waals surface area contributed by atoms with Crippen LogP contribution < -0.4 is 16.4 Å². The number of nitrogens with zero attached hydrogens (tertiary/aromatic N) is 3. The fraction of sp³-hybridized carbons (Fsp3) is 0.308. The zero-order valence-corrected chi connectivity index (χ0v) is 11.1. The first-order valence-electron chi connectivity index (χ1n) is 6.22. The SMILES string of the molecule is CCc1cccnc1CNc1cc(NC)nc(N)n1. The van der Waals surface area contributed by atoms with Crippen LogP contribution in [0.4, 0.5) is 17.6 Å². The van der Waals surface area contributed by atoms with Crippen LogP contribution in [0.5, 0.6) is 0 Å². The molecule has 0 fully saturated rings. The number of pyridine rings is 1. The minimum Gasteiger partial charge on any atom is -0.373 e. The summed E-state index contributed by atoms with van der Waals surface area (Å²) in [7, 11) is 1.79. The topological polar surface area (TPSA) is 88.8 Å². The summed E-state index contributed by atoms with van der Waals surface area (Å²) in [6.45, 7) is 2.73. The molecule has 6 nitrogen and oxygen atoms in total. The van der Waals surface area contributed by atoms with E-state index >= 15 is 0 Å². The molecular weight excluding hydrogens is 240 g/mol. The molecule has 0 aliphatic heterocycles. The lowest BCUT2D eigenvalue weighted by Gasteiger charge is -2.10. The Hall–Kier alpha value is -2.37. The average molecular weight is 258 g/mol. The van der Waals surface area contributed by atoms with Crippen LogP contribution in [0.15, 0.2) is 24.4 Å². The maximum Gasteiger partial charge on any atom is 0.223 e. The van der Waals surface area contributed by atoms with Gasteiger partial charge in [0.1, 0.15) is 11.6 Å². The third-order valence-electron chi connectivity index (χ3n) is 2.80. The number of nitrogens with two attached hydrogens (primary N) is 1. The van der Waals surface area contributed by atoms with Gasteiger partial charge in [0.25, 0.3) is 0 Å². The quantitative estimate of drug-likeness (QED) is 0.756. The zero-order chi connectivity index (χ0) is 13.7. The van der Waals surface area contributed by atoms with E-state index in [1.54, 1.807) is 13.2 Å². The maximum atomic E-state index is 5.64. The van der Waals surface area contributed by atoms with Crippen molar-refractivity contribution in [1.29, 1.82) is 0 Å². The van der Waals surface area contributed by atoms with Gasteiger partial charge < -0.3 is 16.4 Å². The second-order valence-electron chi connectivity index (χ2n) is 4.06. The third-order valence-corrected chi connectivity index (χ3v) is 2.80. The van der Waals surface area contributed by atoms with Gasteiger partial charge in [-0.3, -0.25) is 4.98 Å². The van der Waals surface area contributed by atoms with Gasteiger partial charge in [-0.2, -0.15) is 9.97 Å². The summed E-state index contributed by atoms with van der Waals surface area (Å²) < 4.78 is 0. The predicted octanol–water partition coefficient (Wildman–Crippen LogP) is 1.67. The van der Waals surface area contributed by atoms with Gasteiger partial charge in [0, 0.05) is 19.3 Å². The van der Waals surface area contributed by atoms with E-state index < -0.39 is 0 Å². The van der Waals surface area contributed by atoms with E-state index in [1.165, 1.54) is 5.56 Å². The van der Waals surface area contributed by atoms with Crippen LogP contribution in [0.2, 0.25) is 0 Å². The summed E-state index contributed by atoms with van der Waals surface area (Å²) in [5.41, 5.74) is 7.89. The second-order valence-corrected chi connectivity index (χ2v) is 4.06. The summed E-state index contributed by atoms with van der Waals surface area (Å²) in [4.78, 5) is 12.6. The van der Waals surface area contributed by atoms with Crippen molar-refractivity contribution in [1.82, 2.24) is 15.0 Å². The van der Waals surface area contributed by atoms with Crippen LogP contribution >= 0.6 is 0 Å². The van der Waals surface area contributed by atoms with Gasteiger partial charge in [0.15, 0.2) is 0 Å². The number of hydrogen-bond donors (Lipinski definition) is 3. The van der Waals surface area contributed by atoms with Crippen LogP contribution in [0, 0.1) is 0 Å². The highest BCUT2D eigenvalue weighted by Crippen LogP contribution is 2.14. The monoisotopic (exact) mass is 258 g/mol. The third kappa shape index (κ3) is 3.31. The fourth-order valence-corrected chi connectivity index (χ4v) is 1.81. The molecule has 6 heteroatoms. The van der Waals surface area contributed by atoms with Crippen molar-refractivity contribution in [2.75, 3.05) is 23.4 Å². The van der Waals surface area contributed by atoms with Gasteiger partial charge in [-0.15, -0.1) is 0 Å². The number of rotatable bonds is 5. The maximum absolute atomic E-state index is 5.64. The molecule has 0 saturated carbocycles. The van der Waals surface area contributed by atoms with E-state index in [2.05, 4.69) is 38.6 Å². The molecule has 0 aromatic carbocycles. The summed E-state index contributed by atoms with van der Waals surface area (Å²) in [5, 5.41) is 6.16. The zero-order valence-electron chi connectivity index (χ0n) is 11.1. The van der Waals surface area contributed by atoms with Crippen molar-refractivity contribution >= 4 is 17.6 Å². The molecule has 0 amide bonds. The summed E-state index contributed by atoms with van der Waals surface area (Å²) in [5.74, 6) is 1.61. The molecule has 2 aromatic rings. The normalized spacial score (nSPS) is 10.2. The lowest BCUT2D eigenvalue weighted by Crippen LogP contribution is -2.08.